The number of anilines is 3. The zero-order valence-electron chi connectivity index (χ0n) is 18.3. The van der Waals surface area contributed by atoms with E-state index in [-0.39, 0.29) is 16.1 Å². The minimum absolute atomic E-state index is 0.000451. The number of carbonyl (C=O) groups is 1. The van der Waals surface area contributed by atoms with Crippen molar-refractivity contribution in [1.82, 2.24) is 4.98 Å². The van der Waals surface area contributed by atoms with Crippen LogP contribution in [0.5, 0.6) is 5.75 Å². The zero-order chi connectivity index (χ0) is 24.3. The average molecular weight is 503 g/mol. The maximum atomic E-state index is 12.6. The number of benzene rings is 2. The summed E-state index contributed by atoms with van der Waals surface area (Å²) >= 11 is 6.45. The highest BCUT2D eigenvalue weighted by molar-refractivity contribution is 7.92. The Labute approximate surface area is 202 Å². The second-order valence-electron chi connectivity index (χ2n) is 7.64. The van der Waals surface area contributed by atoms with Crippen LogP contribution in [0.4, 0.5) is 17.2 Å². The predicted octanol–water partition coefficient (Wildman–Crippen LogP) is 3.57. The fraction of sp³-hybridized carbons (Fsp3) is 0.217. The number of aromatic carboxylic acids is 1. The van der Waals surface area contributed by atoms with Crippen molar-refractivity contribution in [3.63, 3.8) is 0 Å². The molecule has 34 heavy (non-hydrogen) atoms. The van der Waals surface area contributed by atoms with Crippen molar-refractivity contribution in [2.75, 3.05) is 47.8 Å². The summed E-state index contributed by atoms with van der Waals surface area (Å²) in [5, 5.41) is 9.30. The summed E-state index contributed by atoms with van der Waals surface area (Å²) < 4.78 is 33.0. The van der Waals surface area contributed by atoms with E-state index in [1.807, 2.05) is 24.3 Å². The molecule has 3 aromatic rings. The third-order valence-electron chi connectivity index (χ3n) is 5.48. The highest BCUT2D eigenvalue weighted by atomic mass is 35.5. The molecule has 0 spiro atoms. The predicted molar refractivity (Wildman–Crippen MR) is 131 cm³/mol. The number of carboxylic acid groups (broad SMARTS) is 1. The quantitative estimate of drug-likeness (QED) is 0.504. The van der Waals surface area contributed by atoms with E-state index in [1.54, 1.807) is 7.11 Å². The maximum Gasteiger partial charge on any atom is 0.335 e. The molecule has 9 nitrogen and oxygen atoms in total. The molecule has 0 atom stereocenters. The van der Waals surface area contributed by atoms with Crippen LogP contribution in [0.1, 0.15) is 10.4 Å². The standard InChI is InChI=1S/C23H23ClN4O5S/c1-33-19-4-2-3-18(14-19)27-9-11-28(12-10-27)22-21(24)13-17(15-25-22)26-34(31,32)20-7-5-16(6-8-20)23(29)30/h2-8,13-15,26H,9-12H2,1H3,(H,29,30). The second kappa shape index (κ2) is 9.78. The van der Waals surface area contributed by atoms with Crippen LogP contribution in [0, 0.1) is 0 Å². The number of aromatic nitrogens is 1. The minimum Gasteiger partial charge on any atom is -0.497 e. The van der Waals surface area contributed by atoms with Gasteiger partial charge in [0.2, 0.25) is 0 Å². The van der Waals surface area contributed by atoms with Gasteiger partial charge in [0, 0.05) is 37.9 Å². The first kappa shape index (κ1) is 23.7. The molecule has 1 aromatic heterocycles. The molecule has 2 aromatic carbocycles. The summed E-state index contributed by atoms with van der Waals surface area (Å²) in [6.07, 6.45) is 1.42. The first-order valence-corrected chi connectivity index (χ1v) is 12.3. The van der Waals surface area contributed by atoms with E-state index < -0.39 is 16.0 Å². The van der Waals surface area contributed by atoms with Crippen molar-refractivity contribution < 1.29 is 23.1 Å². The molecular weight excluding hydrogens is 480 g/mol. The zero-order valence-corrected chi connectivity index (χ0v) is 19.9. The number of piperazine rings is 1. The molecule has 1 fully saturated rings. The van der Waals surface area contributed by atoms with E-state index in [4.69, 9.17) is 21.4 Å². The number of sulfonamides is 1. The smallest absolute Gasteiger partial charge is 0.335 e. The third kappa shape index (κ3) is 5.18. The molecule has 0 aliphatic carbocycles. The van der Waals surface area contributed by atoms with Gasteiger partial charge in [0.1, 0.15) is 11.6 Å². The molecule has 1 aliphatic heterocycles. The lowest BCUT2D eigenvalue weighted by atomic mass is 10.2. The topological polar surface area (TPSA) is 112 Å². The maximum absolute atomic E-state index is 12.6. The fourth-order valence-electron chi connectivity index (χ4n) is 3.69. The van der Waals surface area contributed by atoms with Crippen molar-refractivity contribution in [2.24, 2.45) is 0 Å². The largest absolute Gasteiger partial charge is 0.497 e. The molecule has 0 radical (unpaired) electrons. The van der Waals surface area contributed by atoms with Crippen LogP contribution in [-0.4, -0.2) is 57.8 Å². The number of methoxy groups -OCH3 is 1. The van der Waals surface area contributed by atoms with Crippen LogP contribution >= 0.6 is 11.6 Å². The summed E-state index contributed by atoms with van der Waals surface area (Å²) in [5.41, 5.74) is 1.30. The van der Waals surface area contributed by atoms with Gasteiger partial charge in [-0.25, -0.2) is 18.2 Å². The number of halogens is 1. The van der Waals surface area contributed by atoms with Crippen LogP contribution in [0.2, 0.25) is 5.02 Å². The monoisotopic (exact) mass is 502 g/mol. The molecule has 0 saturated carbocycles. The van der Waals surface area contributed by atoms with E-state index in [9.17, 15) is 13.2 Å². The van der Waals surface area contributed by atoms with E-state index in [0.717, 1.165) is 24.5 Å². The average Bonchev–Trinajstić information content (AvgIpc) is 2.84. The summed E-state index contributed by atoms with van der Waals surface area (Å²) in [4.78, 5) is 19.6. The normalized spacial score (nSPS) is 14.1. The summed E-state index contributed by atoms with van der Waals surface area (Å²) in [5.74, 6) is 0.258. The number of nitrogens with zero attached hydrogens (tertiary/aromatic N) is 3. The molecule has 0 unspecified atom stereocenters. The highest BCUT2D eigenvalue weighted by Gasteiger charge is 2.22. The van der Waals surface area contributed by atoms with Gasteiger partial charge >= 0.3 is 5.97 Å². The van der Waals surface area contributed by atoms with Crippen LogP contribution < -0.4 is 19.3 Å². The molecule has 0 amide bonds. The van der Waals surface area contributed by atoms with E-state index >= 15 is 0 Å². The summed E-state index contributed by atoms with van der Waals surface area (Å²) in [6, 6.07) is 14.3. The number of carboxylic acids is 1. The van der Waals surface area contributed by atoms with Crippen LogP contribution in [0.3, 0.4) is 0 Å². The Morgan fingerprint density at radius 3 is 2.35 bits per heavy atom. The Bertz CT molecular complexity index is 1290. The first-order chi connectivity index (χ1) is 16.3. The van der Waals surface area contributed by atoms with E-state index in [2.05, 4.69) is 19.5 Å². The lowest BCUT2D eigenvalue weighted by Gasteiger charge is -2.37. The molecule has 2 N–H and O–H groups in total. The van der Waals surface area contributed by atoms with Crippen molar-refractivity contribution in [3.8, 4) is 5.75 Å². The number of nitrogens with one attached hydrogen (secondary N) is 1. The molecular formula is C23H23ClN4O5S. The fourth-order valence-corrected chi connectivity index (χ4v) is 5.01. The van der Waals surface area contributed by atoms with Crippen molar-refractivity contribution >= 4 is 44.8 Å². The van der Waals surface area contributed by atoms with Gasteiger partial charge in [-0.05, 0) is 42.5 Å². The van der Waals surface area contributed by atoms with Gasteiger partial charge < -0.3 is 19.6 Å². The first-order valence-electron chi connectivity index (χ1n) is 10.4. The van der Waals surface area contributed by atoms with E-state index in [1.165, 1.54) is 36.5 Å². The Kier molecular flexibility index (Phi) is 6.80. The molecule has 1 aliphatic rings. The molecule has 4 rings (SSSR count). The highest BCUT2D eigenvalue weighted by Crippen LogP contribution is 2.29. The number of ether oxygens (including phenoxy) is 1. The van der Waals surface area contributed by atoms with Gasteiger partial charge in [0.25, 0.3) is 10.0 Å². The van der Waals surface area contributed by atoms with Crippen LogP contribution in [0.15, 0.2) is 65.7 Å². The van der Waals surface area contributed by atoms with Gasteiger partial charge in [-0.1, -0.05) is 17.7 Å². The Balaban J connectivity index is 1.42. The molecule has 178 valence electrons. The number of pyridine rings is 1. The molecule has 0 bridgehead atoms. The van der Waals surface area contributed by atoms with Crippen LogP contribution in [-0.2, 0) is 10.0 Å². The van der Waals surface area contributed by atoms with Crippen molar-refractivity contribution in [3.05, 3.63) is 71.4 Å². The van der Waals surface area contributed by atoms with E-state index in [0.29, 0.717) is 23.9 Å². The Morgan fingerprint density at radius 1 is 1.06 bits per heavy atom. The van der Waals surface area contributed by atoms with Gasteiger partial charge in [-0.15, -0.1) is 0 Å². The SMILES string of the molecule is COc1cccc(N2CCN(c3ncc(NS(=O)(=O)c4ccc(C(=O)O)cc4)cc3Cl)CC2)c1. The number of hydrogen-bond acceptors (Lipinski definition) is 7. The third-order valence-corrected chi connectivity index (χ3v) is 7.16. The van der Waals surface area contributed by atoms with Gasteiger partial charge in [-0.2, -0.15) is 0 Å². The number of rotatable bonds is 7. The van der Waals surface area contributed by atoms with Gasteiger partial charge in [0.15, 0.2) is 0 Å². The summed E-state index contributed by atoms with van der Waals surface area (Å²) in [6.45, 7) is 2.94. The Morgan fingerprint density at radius 2 is 1.74 bits per heavy atom. The van der Waals surface area contributed by atoms with Crippen LogP contribution in [0.25, 0.3) is 0 Å². The Hall–Kier alpha value is -3.50. The second-order valence-corrected chi connectivity index (χ2v) is 9.73. The minimum atomic E-state index is -3.93. The lowest BCUT2D eigenvalue weighted by Crippen LogP contribution is -2.47. The summed E-state index contributed by atoms with van der Waals surface area (Å²) in [7, 11) is -2.28. The van der Waals surface area contributed by atoms with Crippen molar-refractivity contribution in [1.29, 1.82) is 0 Å². The van der Waals surface area contributed by atoms with Gasteiger partial charge in [0.05, 0.1) is 34.5 Å². The van der Waals surface area contributed by atoms with Crippen molar-refractivity contribution in [2.45, 2.75) is 4.90 Å². The molecule has 11 heteroatoms. The lowest BCUT2D eigenvalue weighted by molar-refractivity contribution is 0.0696. The molecule has 2 heterocycles. The number of hydrogen-bond donors (Lipinski definition) is 2. The van der Waals surface area contributed by atoms with Gasteiger partial charge in [-0.3, -0.25) is 4.72 Å². The molecule has 1 saturated heterocycles.